The van der Waals surface area contributed by atoms with Crippen molar-refractivity contribution in [3.8, 4) is 0 Å². The lowest BCUT2D eigenvalue weighted by atomic mass is 10.2. The summed E-state index contributed by atoms with van der Waals surface area (Å²) in [4.78, 5) is 13.4. The fourth-order valence-corrected chi connectivity index (χ4v) is 1.84. The Kier molecular flexibility index (Phi) is 3.66. The van der Waals surface area contributed by atoms with Crippen molar-refractivity contribution >= 4 is 17.7 Å². The molecule has 0 N–H and O–H groups in total. The topological polar surface area (TPSA) is 20.3 Å². The summed E-state index contributed by atoms with van der Waals surface area (Å²) in [6, 6.07) is 0.376. The quantitative estimate of drug-likeness (QED) is 0.654. The van der Waals surface area contributed by atoms with Gasteiger partial charge in [-0.25, -0.2) is 0 Å². The van der Waals surface area contributed by atoms with Crippen LogP contribution in [0.15, 0.2) is 11.5 Å². The molecule has 0 spiro atoms. The van der Waals surface area contributed by atoms with Crippen LogP contribution in [0.2, 0.25) is 0 Å². The molecule has 0 saturated carbocycles. The number of amides is 1. The Bertz CT molecular complexity index is 191. The van der Waals surface area contributed by atoms with Gasteiger partial charge in [-0.2, -0.15) is 0 Å². The highest BCUT2D eigenvalue weighted by Crippen LogP contribution is 2.13. The molecule has 0 aliphatic carbocycles. The van der Waals surface area contributed by atoms with Crippen molar-refractivity contribution in [3.05, 3.63) is 11.5 Å². The zero-order valence-electron chi connectivity index (χ0n) is 7.62. The smallest absolute Gasteiger partial charge is 0.247 e. The fraction of sp³-hybridized carbons (Fsp3) is 0.667. The Balaban J connectivity index is 2.61. The van der Waals surface area contributed by atoms with E-state index in [1.165, 1.54) is 0 Å². The van der Waals surface area contributed by atoms with E-state index >= 15 is 0 Å². The summed E-state index contributed by atoms with van der Waals surface area (Å²) in [6.07, 6.45) is 2.70. The molecule has 0 aromatic carbocycles. The largest absolute Gasteiger partial charge is 0.336 e. The van der Waals surface area contributed by atoms with Crippen LogP contribution in [0.1, 0.15) is 20.3 Å². The predicted octanol–water partition coefficient (Wildman–Crippen LogP) is 1.87. The van der Waals surface area contributed by atoms with Crippen LogP contribution in [0, 0.1) is 0 Å². The molecule has 68 valence electrons. The number of rotatable bonds is 2. The Labute approximate surface area is 78.0 Å². The molecular formula is C9H15NOS. The standard InChI is InChI=1S/C9H15NOS/c1-3-8(2)10-5-7-12-6-4-9(10)11/h4,6,8H,3,5,7H2,1-2H3. The lowest BCUT2D eigenvalue weighted by Gasteiger charge is -2.25. The molecular weight excluding hydrogens is 170 g/mol. The molecule has 2 nitrogen and oxygen atoms in total. The van der Waals surface area contributed by atoms with Gasteiger partial charge in [0.25, 0.3) is 0 Å². The van der Waals surface area contributed by atoms with Crippen LogP contribution in [0.25, 0.3) is 0 Å². The van der Waals surface area contributed by atoms with Crippen molar-refractivity contribution in [2.24, 2.45) is 0 Å². The minimum atomic E-state index is 0.161. The van der Waals surface area contributed by atoms with Gasteiger partial charge in [-0.1, -0.05) is 6.92 Å². The van der Waals surface area contributed by atoms with Crippen molar-refractivity contribution < 1.29 is 4.79 Å². The zero-order valence-corrected chi connectivity index (χ0v) is 8.43. The fourth-order valence-electron chi connectivity index (χ4n) is 1.19. The van der Waals surface area contributed by atoms with E-state index < -0.39 is 0 Å². The van der Waals surface area contributed by atoms with Gasteiger partial charge >= 0.3 is 0 Å². The van der Waals surface area contributed by atoms with Gasteiger partial charge in [-0.15, -0.1) is 11.8 Å². The van der Waals surface area contributed by atoms with Crippen LogP contribution in [0.3, 0.4) is 0 Å². The summed E-state index contributed by atoms with van der Waals surface area (Å²) in [5.41, 5.74) is 0. The second kappa shape index (κ2) is 4.55. The van der Waals surface area contributed by atoms with Crippen LogP contribution < -0.4 is 0 Å². The summed E-state index contributed by atoms with van der Waals surface area (Å²) >= 11 is 1.71. The van der Waals surface area contributed by atoms with Gasteiger partial charge in [0.2, 0.25) is 5.91 Å². The van der Waals surface area contributed by atoms with Gasteiger partial charge in [-0.05, 0) is 18.8 Å². The first-order chi connectivity index (χ1) is 5.75. The molecule has 0 radical (unpaired) electrons. The van der Waals surface area contributed by atoms with Gasteiger partial charge in [0.1, 0.15) is 0 Å². The molecule has 3 heteroatoms. The highest BCUT2D eigenvalue weighted by atomic mass is 32.2. The molecule has 1 unspecified atom stereocenters. The molecule has 0 bridgehead atoms. The van der Waals surface area contributed by atoms with Crippen molar-refractivity contribution in [3.63, 3.8) is 0 Å². The van der Waals surface area contributed by atoms with Crippen molar-refractivity contribution in [1.29, 1.82) is 0 Å². The van der Waals surface area contributed by atoms with E-state index in [0.29, 0.717) is 6.04 Å². The third-order valence-electron chi connectivity index (χ3n) is 2.16. The van der Waals surface area contributed by atoms with Gasteiger partial charge < -0.3 is 4.90 Å². The third-order valence-corrected chi connectivity index (χ3v) is 2.91. The number of thioether (sulfide) groups is 1. The maximum atomic E-state index is 11.4. The lowest BCUT2D eigenvalue weighted by molar-refractivity contribution is -0.127. The van der Waals surface area contributed by atoms with Crippen LogP contribution in [0.4, 0.5) is 0 Å². The first-order valence-corrected chi connectivity index (χ1v) is 5.39. The van der Waals surface area contributed by atoms with E-state index in [-0.39, 0.29) is 5.91 Å². The summed E-state index contributed by atoms with van der Waals surface area (Å²) in [7, 11) is 0. The van der Waals surface area contributed by atoms with E-state index in [2.05, 4.69) is 13.8 Å². The van der Waals surface area contributed by atoms with Gasteiger partial charge in [0.15, 0.2) is 0 Å². The average molecular weight is 185 g/mol. The molecule has 0 aromatic heterocycles. The average Bonchev–Trinajstić information content (AvgIpc) is 2.28. The first-order valence-electron chi connectivity index (χ1n) is 4.34. The van der Waals surface area contributed by atoms with Crippen LogP contribution >= 0.6 is 11.8 Å². The predicted molar refractivity (Wildman–Crippen MR) is 53.1 cm³/mol. The second-order valence-electron chi connectivity index (χ2n) is 2.96. The molecule has 1 aliphatic heterocycles. The molecule has 1 rings (SSSR count). The van der Waals surface area contributed by atoms with E-state index in [1.54, 1.807) is 17.8 Å². The number of hydrogen-bond acceptors (Lipinski definition) is 2. The summed E-state index contributed by atoms with van der Waals surface area (Å²) in [5.74, 6) is 1.18. The minimum absolute atomic E-state index is 0.161. The van der Waals surface area contributed by atoms with Crippen LogP contribution in [0.5, 0.6) is 0 Å². The van der Waals surface area contributed by atoms with Crippen molar-refractivity contribution in [2.75, 3.05) is 12.3 Å². The molecule has 1 aliphatic rings. The molecule has 0 saturated heterocycles. The molecule has 12 heavy (non-hydrogen) atoms. The van der Waals surface area contributed by atoms with E-state index in [1.807, 2.05) is 10.3 Å². The van der Waals surface area contributed by atoms with Gasteiger partial charge in [-0.3, -0.25) is 4.79 Å². The Morgan fingerprint density at radius 3 is 3.17 bits per heavy atom. The molecule has 1 heterocycles. The molecule has 1 atom stereocenters. The Hall–Kier alpha value is -0.440. The highest BCUT2D eigenvalue weighted by Gasteiger charge is 2.17. The lowest BCUT2D eigenvalue weighted by Crippen LogP contribution is -2.38. The summed E-state index contributed by atoms with van der Waals surface area (Å²) < 4.78 is 0. The first kappa shape index (κ1) is 9.65. The normalized spacial score (nSPS) is 20.8. The number of hydrogen-bond donors (Lipinski definition) is 0. The van der Waals surface area contributed by atoms with Gasteiger partial charge in [0.05, 0.1) is 0 Å². The van der Waals surface area contributed by atoms with Gasteiger partial charge in [0, 0.05) is 24.4 Å². The van der Waals surface area contributed by atoms with E-state index in [0.717, 1.165) is 18.7 Å². The Morgan fingerprint density at radius 2 is 2.50 bits per heavy atom. The zero-order chi connectivity index (χ0) is 8.97. The van der Waals surface area contributed by atoms with E-state index in [9.17, 15) is 4.79 Å². The maximum absolute atomic E-state index is 11.4. The Morgan fingerprint density at radius 1 is 1.75 bits per heavy atom. The highest BCUT2D eigenvalue weighted by molar-refractivity contribution is 8.02. The van der Waals surface area contributed by atoms with Crippen LogP contribution in [-0.2, 0) is 4.79 Å². The maximum Gasteiger partial charge on any atom is 0.247 e. The second-order valence-corrected chi connectivity index (χ2v) is 3.98. The van der Waals surface area contributed by atoms with Crippen molar-refractivity contribution in [1.82, 2.24) is 4.90 Å². The monoisotopic (exact) mass is 185 g/mol. The van der Waals surface area contributed by atoms with Crippen molar-refractivity contribution in [2.45, 2.75) is 26.3 Å². The SMILES string of the molecule is CCC(C)N1CCSC=CC1=O. The van der Waals surface area contributed by atoms with E-state index in [4.69, 9.17) is 0 Å². The minimum Gasteiger partial charge on any atom is -0.336 e. The molecule has 1 amide bonds. The number of carbonyl (C=O) groups excluding carboxylic acids is 1. The summed E-state index contributed by atoms with van der Waals surface area (Å²) in [5, 5.41) is 1.89. The molecule has 0 aromatic rings. The van der Waals surface area contributed by atoms with Crippen LogP contribution in [-0.4, -0.2) is 29.1 Å². The third kappa shape index (κ3) is 2.27. The summed E-state index contributed by atoms with van der Waals surface area (Å²) in [6.45, 7) is 5.09. The number of nitrogens with zero attached hydrogens (tertiary/aromatic N) is 1. The number of carbonyl (C=O) groups is 1. The molecule has 0 fully saturated rings.